The average molecular weight is 408 g/mol. The van der Waals surface area contributed by atoms with E-state index in [1.807, 2.05) is 24.3 Å². The summed E-state index contributed by atoms with van der Waals surface area (Å²) in [6.07, 6.45) is 0. The molecular formula is C17H16BrN2O3S-. The number of fused-ring (bicyclic) bond motifs is 1. The maximum absolute atomic E-state index is 12.3. The Labute approximate surface area is 154 Å². The van der Waals surface area contributed by atoms with E-state index in [-0.39, 0.29) is 29.3 Å². The Kier molecular flexibility index (Phi) is 6.16. The molecule has 0 bridgehead atoms. The topological polar surface area (TPSA) is 60.5 Å². The lowest BCUT2D eigenvalue weighted by Gasteiger charge is -2.04. The van der Waals surface area contributed by atoms with Crippen molar-refractivity contribution in [3.63, 3.8) is 0 Å². The second kappa shape index (κ2) is 8.12. The molecule has 1 aromatic heterocycles. The Balaban J connectivity index is 0.00000208. The Hall–Kier alpha value is -2.12. The predicted molar refractivity (Wildman–Crippen MR) is 92.0 cm³/mol. The number of Topliss-reactive ketones (excluding diaryl/α,β-unsaturated/α-hetero) is 1. The van der Waals surface area contributed by atoms with E-state index >= 15 is 0 Å². The number of halogens is 1. The minimum Gasteiger partial charge on any atom is -1.00 e. The highest BCUT2D eigenvalue weighted by atomic mass is 79.9. The number of ether oxygens (including phenoxy) is 2. The Bertz CT molecular complexity index is 851. The number of methoxy groups -OCH3 is 2. The lowest BCUT2D eigenvalue weighted by molar-refractivity contribution is -0.0000127. The van der Waals surface area contributed by atoms with E-state index in [0.717, 1.165) is 16.0 Å². The van der Waals surface area contributed by atoms with Gasteiger partial charge in [0.05, 0.1) is 25.5 Å². The van der Waals surface area contributed by atoms with E-state index in [1.54, 1.807) is 32.4 Å². The maximum atomic E-state index is 12.3. The molecule has 24 heavy (non-hydrogen) atoms. The van der Waals surface area contributed by atoms with E-state index in [1.165, 1.54) is 11.3 Å². The molecule has 7 heteroatoms. The van der Waals surface area contributed by atoms with Crippen LogP contribution in [0.1, 0.15) is 10.4 Å². The number of nitrogens with zero attached hydrogens (tertiary/aromatic N) is 1. The van der Waals surface area contributed by atoms with Gasteiger partial charge in [0.2, 0.25) is 0 Å². The number of benzene rings is 2. The molecule has 3 aromatic rings. The van der Waals surface area contributed by atoms with Gasteiger partial charge in [-0.2, -0.15) is 0 Å². The van der Waals surface area contributed by atoms with Crippen molar-refractivity contribution in [2.45, 2.75) is 0 Å². The average Bonchev–Trinajstić information content (AvgIpc) is 3.02. The minimum absolute atomic E-state index is 0. The van der Waals surface area contributed by atoms with E-state index in [9.17, 15) is 4.79 Å². The highest BCUT2D eigenvalue weighted by molar-refractivity contribution is 7.22. The van der Waals surface area contributed by atoms with Crippen LogP contribution in [0.2, 0.25) is 0 Å². The van der Waals surface area contributed by atoms with Crippen molar-refractivity contribution in [2.24, 2.45) is 0 Å². The maximum Gasteiger partial charge on any atom is 0.184 e. The summed E-state index contributed by atoms with van der Waals surface area (Å²) in [7, 11) is 3.20. The SMILES string of the molecule is COc1cccc(C(=O)CNc2nc3c(OC)cccc3s2)c1.[Br-]. The van der Waals surface area contributed by atoms with Crippen molar-refractivity contribution in [2.75, 3.05) is 26.1 Å². The van der Waals surface area contributed by atoms with Gasteiger partial charge in [-0.15, -0.1) is 0 Å². The first kappa shape index (κ1) is 18.2. The monoisotopic (exact) mass is 407 g/mol. The van der Waals surface area contributed by atoms with Gasteiger partial charge >= 0.3 is 0 Å². The third-order valence-corrected chi connectivity index (χ3v) is 4.37. The number of ketones is 1. The fourth-order valence-electron chi connectivity index (χ4n) is 2.22. The number of carbonyl (C=O) groups excluding carboxylic acids is 1. The van der Waals surface area contributed by atoms with E-state index in [4.69, 9.17) is 9.47 Å². The third-order valence-electron chi connectivity index (χ3n) is 3.39. The molecule has 0 amide bonds. The number of rotatable bonds is 6. The molecule has 0 aliphatic carbocycles. The molecule has 0 spiro atoms. The smallest absolute Gasteiger partial charge is 0.184 e. The molecule has 5 nitrogen and oxygen atoms in total. The number of aromatic nitrogens is 1. The van der Waals surface area contributed by atoms with Crippen molar-refractivity contribution in [1.29, 1.82) is 0 Å². The molecule has 0 atom stereocenters. The van der Waals surface area contributed by atoms with Crippen molar-refractivity contribution in [3.8, 4) is 11.5 Å². The van der Waals surface area contributed by atoms with E-state index in [0.29, 0.717) is 16.4 Å². The summed E-state index contributed by atoms with van der Waals surface area (Å²) in [6.45, 7) is 0.176. The first-order valence-electron chi connectivity index (χ1n) is 7.06. The zero-order chi connectivity index (χ0) is 16.2. The summed E-state index contributed by atoms with van der Waals surface area (Å²) >= 11 is 1.49. The summed E-state index contributed by atoms with van der Waals surface area (Å²) in [4.78, 5) is 16.7. The first-order chi connectivity index (χ1) is 11.2. The lowest BCUT2D eigenvalue weighted by Crippen LogP contribution is -3.00. The summed E-state index contributed by atoms with van der Waals surface area (Å²) < 4.78 is 11.4. The molecule has 0 aliphatic rings. The molecule has 2 aromatic carbocycles. The molecule has 0 aliphatic heterocycles. The van der Waals surface area contributed by atoms with Crippen LogP contribution >= 0.6 is 11.3 Å². The highest BCUT2D eigenvalue weighted by Crippen LogP contribution is 2.32. The number of hydrogen-bond donors (Lipinski definition) is 1. The standard InChI is InChI=1S/C17H16N2O3S.BrH/c1-21-12-6-3-5-11(9-12)13(20)10-18-17-19-16-14(22-2)7-4-8-15(16)23-17;/h3-9H,10H2,1-2H3,(H,18,19);1H/p-1. The summed E-state index contributed by atoms with van der Waals surface area (Å²) in [6, 6.07) is 12.9. The van der Waals surface area contributed by atoms with Crippen molar-refractivity contribution in [3.05, 3.63) is 48.0 Å². The van der Waals surface area contributed by atoms with Crippen molar-refractivity contribution < 1.29 is 31.2 Å². The predicted octanol–water partition coefficient (Wildman–Crippen LogP) is 0.612. The van der Waals surface area contributed by atoms with Gasteiger partial charge in [-0.25, -0.2) is 4.98 Å². The zero-order valence-electron chi connectivity index (χ0n) is 13.2. The van der Waals surface area contributed by atoms with E-state index < -0.39 is 0 Å². The minimum atomic E-state index is -0.0184. The summed E-state index contributed by atoms with van der Waals surface area (Å²) in [5, 5.41) is 3.78. The van der Waals surface area contributed by atoms with Crippen LogP contribution in [0, 0.1) is 0 Å². The second-order valence-electron chi connectivity index (χ2n) is 4.83. The van der Waals surface area contributed by atoms with Crippen LogP contribution in [0.25, 0.3) is 10.2 Å². The molecule has 1 heterocycles. The highest BCUT2D eigenvalue weighted by Gasteiger charge is 2.11. The van der Waals surface area contributed by atoms with Crippen LogP contribution in [-0.2, 0) is 0 Å². The Morgan fingerprint density at radius 3 is 2.71 bits per heavy atom. The molecule has 126 valence electrons. The van der Waals surface area contributed by atoms with Crippen LogP contribution in [-0.4, -0.2) is 31.5 Å². The van der Waals surface area contributed by atoms with Gasteiger partial charge in [0.25, 0.3) is 0 Å². The van der Waals surface area contributed by atoms with Crippen molar-refractivity contribution in [1.82, 2.24) is 4.98 Å². The van der Waals surface area contributed by atoms with Crippen LogP contribution in [0.5, 0.6) is 11.5 Å². The lowest BCUT2D eigenvalue weighted by atomic mass is 10.1. The number of thiazole rings is 1. The van der Waals surface area contributed by atoms with Crippen LogP contribution in [0.15, 0.2) is 42.5 Å². The Morgan fingerprint density at radius 1 is 1.17 bits per heavy atom. The van der Waals surface area contributed by atoms with Gasteiger partial charge in [-0.3, -0.25) is 4.79 Å². The number of carbonyl (C=O) groups is 1. The molecule has 0 saturated heterocycles. The largest absolute Gasteiger partial charge is 1.00 e. The van der Waals surface area contributed by atoms with Crippen LogP contribution in [0.3, 0.4) is 0 Å². The molecule has 1 N–H and O–H groups in total. The number of nitrogens with one attached hydrogen (secondary N) is 1. The van der Waals surface area contributed by atoms with Gasteiger partial charge in [-0.1, -0.05) is 29.5 Å². The van der Waals surface area contributed by atoms with Crippen LogP contribution in [0.4, 0.5) is 5.13 Å². The van der Waals surface area contributed by atoms with Gasteiger partial charge in [-0.05, 0) is 24.3 Å². The summed E-state index contributed by atoms with van der Waals surface area (Å²) in [5.41, 5.74) is 1.41. The fraction of sp³-hybridized carbons (Fsp3) is 0.176. The number of anilines is 1. The van der Waals surface area contributed by atoms with Gasteiger partial charge < -0.3 is 31.8 Å². The normalized spacial score (nSPS) is 10.1. The molecule has 3 rings (SSSR count). The molecule has 0 saturated carbocycles. The molecular weight excluding hydrogens is 392 g/mol. The Morgan fingerprint density at radius 2 is 1.96 bits per heavy atom. The van der Waals surface area contributed by atoms with Gasteiger partial charge in [0.1, 0.15) is 17.0 Å². The van der Waals surface area contributed by atoms with Gasteiger partial charge in [0, 0.05) is 5.56 Å². The quantitative estimate of drug-likeness (QED) is 0.606. The second-order valence-corrected chi connectivity index (χ2v) is 5.87. The van der Waals surface area contributed by atoms with Crippen LogP contribution < -0.4 is 31.8 Å². The fourth-order valence-corrected chi connectivity index (χ4v) is 3.10. The molecule has 0 unspecified atom stereocenters. The zero-order valence-corrected chi connectivity index (χ0v) is 15.6. The first-order valence-corrected chi connectivity index (χ1v) is 7.87. The molecule has 0 radical (unpaired) electrons. The van der Waals surface area contributed by atoms with Crippen molar-refractivity contribution >= 4 is 32.5 Å². The van der Waals surface area contributed by atoms with E-state index in [2.05, 4.69) is 10.3 Å². The third kappa shape index (κ3) is 3.85. The van der Waals surface area contributed by atoms with Gasteiger partial charge in [0.15, 0.2) is 10.9 Å². The number of para-hydroxylation sites is 1. The number of hydrogen-bond acceptors (Lipinski definition) is 6. The summed E-state index contributed by atoms with van der Waals surface area (Å²) in [5.74, 6) is 1.38. The molecule has 0 fully saturated rings.